The Morgan fingerprint density at radius 2 is 2.00 bits per heavy atom. The highest BCUT2D eigenvalue weighted by Gasteiger charge is 2.20. The van der Waals surface area contributed by atoms with Crippen LogP contribution < -0.4 is 14.8 Å². The maximum Gasteiger partial charge on any atom is 0.271 e. The molecule has 1 aromatic heterocycles. The molecule has 1 amide bonds. The maximum atomic E-state index is 13.9. The number of amides is 1. The Morgan fingerprint density at radius 3 is 2.65 bits per heavy atom. The third-order valence-electron chi connectivity index (χ3n) is 4.56. The number of benzene rings is 2. The monoisotopic (exact) mass is 487 g/mol. The van der Waals surface area contributed by atoms with Gasteiger partial charge < -0.3 is 14.8 Å². The number of nitro benzene ring substituents is 1. The lowest BCUT2D eigenvalue weighted by atomic mass is 10.2. The summed E-state index contributed by atoms with van der Waals surface area (Å²) in [6, 6.07) is 10.0. The van der Waals surface area contributed by atoms with Crippen molar-refractivity contribution in [2.24, 2.45) is 0 Å². The standard InChI is InChI=1S/C22H22FN5O5S/c1-4-11-27-21(14(2)33-17-8-6-16(32-3)7-9-17)25-26-22(27)34-13-20(29)24-19-12-15(28(30)31)5-10-18(19)23/h4-10,12,14H,1,11,13H2,2-3H3,(H,24,29). The van der Waals surface area contributed by atoms with Crippen LogP contribution in [0.2, 0.25) is 0 Å². The fourth-order valence-corrected chi connectivity index (χ4v) is 3.71. The van der Waals surface area contributed by atoms with Gasteiger partial charge in [-0.15, -0.1) is 16.8 Å². The molecule has 2 aromatic carbocycles. The van der Waals surface area contributed by atoms with Crippen LogP contribution in [0.4, 0.5) is 15.8 Å². The van der Waals surface area contributed by atoms with E-state index >= 15 is 0 Å². The second-order valence-corrected chi connectivity index (χ2v) is 7.88. The molecule has 3 rings (SSSR count). The molecule has 0 fully saturated rings. The molecule has 0 aliphatic rings. The number of ether oxygens (including phenoxy) is 2. The average molecular weight is 488 g/mol. The summed E-state index contributed by atoms with van der Waals surface area (Å²) in [6.45, 7) is 5.94. The minimum atomic E-state index is -0.773. The summed E-state index contributed by atoms with van der Waals surface area (Å²) in [7, 11) is 1.58. The summed E-state index contributed by atoms with van der Waals surface area (Å²) in [4.78, 5) is 22.6. The summed E-state index contributed by atoms with van der Waals surface area (Å²) in [6.07, 6.45) is 1.21. The van der Waals surface area contributed by atoms with E-state index in [0.29, 0.717) is 29.0 Å². The van der Waals surface area contributed by atoms with Crippen LogP contribution in [0.5, 0.6) is 11.5 Å². The van der Waals surface area contributed by atoms with Gasteiger partial charge >= 0.3 is 0 Å². The highest BCUT2D eigenvalue weighted by atomic mass is 32.2. The van der Waals surface area contributed by atoms with E-state index in [4.69, 9.17) is 9.47 Å². The molecule has 0 saturated carbocycles. The van der Waals surface area contributed by atoms with Crippen LogP contribution in [0.15, 0.2) is 60.3 Å². The maximum absolute atomic E-state index is 13.9. The molecule has 34 heavy (non-hydrogen) atoms. The largest absolute Gasteiger partial charge is 0.497 e. The Balaban J connectivity index is 1.68. The zero-order valence-corrected chi connectivity index (χ0v) is 19.3. The second kappa shape index (κ2) is 11.3. The molecule has 10 nitrogen and oxygen atoms in total. The molecule has 1 unspecified atom stereocenters. The average Bonchev–Trinajstić information content (AvgIpc) is 3.22. The van der Waals surface area contributed by atoms with Crippen molar-refractivity contribution in [2.75, 3.05) is 18.2 Å². The highest BCUT2D eigenvalue weighted by molar-refractivity contribution is 7.99. The summed E-state index contributed by atoms with van der Waals surface area (Å²) in [5, 5.41) is 22.0. The first kappa shape index (κ1) is 24.7. The number of carbonyl (C=O) groups excluding carboxylic acids is 1. The van der Waals surface area contributed by atoms with Crippen LogP contribution in [0.1, 0.15) is 18.9 Å². The summed E-state index contributed by atoms with van der Waals surface area (Å²) < 4.78 is 26.8. The van der Waals surface area contributed by atoms with E-state index in [1.54, 1.807) is 42.0 Å². The number of aromatic nitrogens is 3. The SMILES string of the molecule is C=CCn1c(SCC(=O)Nc2cc([N+](=O)[O-])ccc2F)nnc1C(C)Oc1ccc(OC)cc1. The number of thioether (sulfide) groups is 1. The lowest BCUT2D eigenvalue weighted by Crippen LogP contribution is -2.16. The number of methoxy groups -OCH3 is 1. The number of halogens is 1. The molecule has 0 radical (unpaired) electrons. The van der Waals surface area contributed by atoms with Gasteiger partial charge in [0.1, 0.15) is 17.3 Å². The fraction of sp³-hybridized carbons (Fsp3) is 0.227. The van der Waals surface area contributed by atoms with Crippen molar-refractivity contribution < 1.29 is 23.6 Å². The number of rotatable bonds is 11. The van der Waals surface area contributed by atoms with E-state index in [1.165, 1.54) is 0 Å². The van der Waals surface area contributed by atoms with Gasteiger partial charge in [-0.3, -0.25) is 19.5 Å². The number of anilines is 1. The van der Waals surface area contributed by atoms with Gasteiger partial charge in [-0.1, -0.05) is 17.8 Å². The minimum absolute atomic E-state index is 0.120. The van der Waals surface area contributed by atoms with Crippen LogP contribution >= 0.6 is 11.8 Å². The van der Waals surface area contributed by atoms with E-state index in [9.17, 15) is 19.3 Å². The molecular weight excluding hydrogens is 465 g/mol. The van der Waals surface area contributed by atoms with Crippen molar-refractivity contribution >= 4 is 29.0 Å². The number of nitrogens with one attached hydrogen (secondary N) is 1. The van der Waals surface area contributed by atoms with Crippen molar-refractivity contribution in [2.45, 2.75) is 24.7 Å². The van der Waals surface area contributed by atoms with Gasteiger partial charge in [-0.05, 0) is 37.3 Å². The van der Waals surface area contributed by atoms with Gasteiger partial charge in [0.05, 0.1) is 23.5 Å². The summed E-state index contributed by atoms with van der Waals surface area (Å²) in [5.74, 6) is 0.409. The molecule has 1 N–H and O–H groups in total. The smallest absolute Gasteiger partial charge is 0.271 e. The summed E-state index contributed by atoms with van der Waals surface area (Å²) in [5.41, 5.74) is -0.597. The Kier molecular flexibility index (Phi) is 8.19. The van der Waals surface area contributed by atoms with Crippen molar-refractivity contribution in [3.63, 3.8) is 0 Å². The zero-order chi connectivity index (χ0) is 24.7. The number of nitro groups is 1. The third kappa shape index (κ3) is 6.10. The van der Waals surface area contributed by atoms with E-state index in [0.717, 1.165) is 30.0 Å². The zero-order valence-electron chi connectivity index (χ0n) is 18.4. The molecular formula is C22H22FN5O5S. The topological polar surface area (TPSA) is 121 Å². The lowest BCUT2D eigenvalue weighted by Gasteiger charge is -2.16. The summed E-state index contributed by atoms with van der Waals surface area (Å²) >= 11 is 1.08. The third-order valence-corrected chi connectivity index (χ3v) is 5.53. The predicted molar refractivity (Wildman–Crippen MR) is 125 cm³/mol. The number of nitrogens with zero attached hydrogens (tertiary/aromatic N) is 4. The Hall–Kier alpha value is -3.93. The van der Waals surface area contributed by atoms with Crippen LogP contribution in [0.25, 0.3) is 0 Å². The number of carbonyl (C=O) groups is 1. The Labute approximate surface area is 198 Å². The van der Waals surface area contributed by atoms with E-state index in [2.05, 4.69) is 22.1 Å². The molecule has 0 aliphatic carbocycles. The molecule has 0 aliphatic heterocycles. The van der Waals surface area contributed by atoms with Gasteiger partial charge in [-0.25, -0.2) is 4.39 Å². The first-order valence-corrected chi connectivity index (χ1v) is 11.0. The minimum Gasteiger partial charge on any atom is -0.497 e. The molecule has 3 aromatic rings. The van der Waals surface area contributed by atoms with E-state index < -0.39 is 22.8 Å². The molecule has 1 heterocycles. The van der Waals surface area contributed by atoms with Crippen molar-refractivity contribution in [3.8, 4) is 11.5 Å². The first-order valence-electron chi connectivity index (χ1n) is 10.0. The van der Waals surface area contributed by atoms with Crippen molar-refractivity contribution in [1.82, 2.24) is 14.8 Å². The molecule has 0 saturated heterocycles. The van der Waals surface area contributed by atoms with Gasteiger partial charge in [0, 0.05) is 18.7 Å². The number of hydrogen-bond donors (Lipinski definition) is 1. The molecule has 12 heteroatoms. The van der Waals surface area contributed by atoms with Gasteiger partial charge in [-0.2, -0.15) is 0 Å². The Bertz CT molecular complexity index is 1180. The quantitative estimate of drug-likeness (QED) is 0.183. The van der Waals surface area contributed by atoms with Gasteiger partial charge in [0.25, 0.3) is 5.69 Å². The van der Waals surface area contributed by atoms with Crippen molar-refractivity contribution in [1.29, 1.82) is 0 Å². The van der Waals surface area contributed by atoms with Gasteiger partial charge in [0.2, 0.25) is 5.91 Å². The fourth-order valence-electron chi connectivity index (χ4n) is 2.96. The normalized spacial score (nSPS) is 11.5. The molecule has 178 valence electrons. The predicted octanol–water partition coefficient (Wildman–Crippen LogP) is 4.39. The Morgan fingerprint density at radius 1 is 1.29 bits per heavy atom. The van der Waals surface area contributed by atoms with E-state index in [-0.39, 0.29) is 17.1 Å². The number of non-ortho nitro benzene ring substituents is 1. The molecule has 1 atom stereocenters. The van der Waals surface area contributed by atoms with E-state index in [1.807, 2.05) is 6.92 Å². The highest BCUT2D eigenvalue weighted by Crippen LogP contribution is 2.27. The van der Waals surface area contributed by atoms with Crippen LogP contribution in [0, 0.1) is 15.9 Å². The van der Waals surface area contributed by atoms with Gasteiger partial charge in [0.15, 0.2) is 17.1 Å². The lowest BCUT2D eigenvalue weighted by molar-refractivity contribution is -0.384. The molecule has 0 bridgehead atoms. The number of allylic oxidation sites excluding steroid dienone is 1. The first-order chi connectivity index (χ1) is 16.3. The van der Waals surface area contributed by atoms with Crippen LogP contribution in [0.3, 0.4) is 0 Å². The second-order valence-electron chi connectivity index (χ2n) is 6.93. The van der Waals surface area contributed by atoms with Crippen LogP contribution in [-0.2, 0) is 11.3 Å². The molecule has 0 spiro atoms. The van der Waals surface area contributed by atoms with Crippen LogP contribution in [-0.4, -0.2) is 38.5 Å². The van der Waals surface area contributed by atoms with Crippen molar-refractivity contribution in [3.05, 3.63) is 76.9 Å². The number of hydrogen-bond acceptors (Lipinski definition) is 8.